The molecule has 0 aliphatic heterocycles. The number of fused-ring (bicyclic) bond motifs is 4. The van der Waals surface area contributed by atoms with Crippen LogP contribution in [0.5, 0.6) is 23.0 Å². The van der Waals surface area contributed by atoms with Gasteiger partial charge in [-0.1, -0.05) is 170 Å². The van der Waals surface area contributed by atoms with Crippen molar-refractivity contribution >= 4 is 90.9 Å². The Labute approximate surface area is 840 Å². The lowest BCUT2D eigenvalue weighted by molar-refractivity contribution is -0.150. The van der Waals surface area contributed by atoms with Gasteiger partial charge in [-0.25, -0.2) is 0 Å². The van der Waals surface area contributed by atoms with Crippen LogP contribution in [-0.4, -0.2) is 196 Å². The minimum atomic E-state index is -0.409. The molecule has 12 aromatic rings. The third-order valence-electron chi connectivity index (χ3n) is 26.2. The van der Waals surface area contributed by atoms with Gasteiger partial charge in [0.15, 0.2) is 23.1 Å². The van der Waals surface area contributed by atoms with E-state index in [9.17, 15) is 38.4 Å². The third-order valence-corrected chi connectivity index (χ3v) is 26.2. The molecule has 8 aromatic carbocycles. The monoisotopic (exact) mass is 1950 g/mol. The van der Waals surface area contributed by atoms with Gasteiger partial charge < -0.3 is 75.2 Å². The number of aryl methyl sites for hydroxylation is 8. The summed E-state index contributed by atoms with van der Waals surface area (Å²) >= 11 is 0. The van der Waals surface area contributed by atoms with E-state index in [-0.39, 0.29) is 85.1 Å². The van der Waals surface area contributed by atoms with E-state index in [4.69, 9.17) is 55.6 Å². The summed E-state index contributed by atoms with van der Waals surface area (Å²) < 4.78 is 70.2. The van der Waals surface area contributed by atoms with Crippen LogP contribution >= 0.6 is 0 Å². The molecule has 0 saturated carbocycles. The molecule has 0 amide bonds. The number of likely N-dealkylation sites (N-methyl/N-ethyl adjacent to an activating group) is 4. The van der Waals surface area contributed by atoms with Crippen LogP contribution in [0.4, 0.5) is 0 Å². The summed E-state index contributed by atoms with van der Waals surface area (Å²) in [6.45, 7) is 65.7. The van der Waals surface area contributed by atoms with Gasteiger partial charge in [-0.2, -0.15) is 0 Å². The van der Waals surface area contributed by atoms with Crippen molar-refractivity contribution in [3.05, 3.63) is 258 Å². The summed E-state index contributed by atoms with van der Waals surface area (Å²) in [5, 5.41) is 2.77. The molecule has 24 heteroatoms. The molecule has 12 rings (SSSR count). The molecule has 0 aliphatic rings. The quantitative estimate of drug-likeness (QED) is 0.0195. The zero-order valence-corrected chi connectivity index (χ0v) is 88.8. The molecule has 0 N–H and O–H groups in total. The van der Waals surface area contributed by atoms with E-state index in [1.54, 1.807) is 24.3 Å². The Morgan fingerprint density at radius 3 is 0.627 bits per heavy atom. The highest BCUT2D eigenvalue weighted by molar-refractivity contribution is 6.20. The molecule has 0 radical (unpaired) electrons. The standard InChI is InChI=1S/2C30H39NO5.2C29H37NO5/c2*1-8-31(9-2)14-15-34-30-20(5)16-23(17-21(30)6)29(33)28-24-12-10-11-13-25(24)36-26(28)18-27(32)35-22(7)19(3)4;2*1-7-21(6)34-26(31)18-25-27(23-12-10-11-13-24(23)35-25)28(32)22-16-19(4)29(20(5)17-22)33-15-14-30(8-2)9-3/h2*10-13,16-17,19,22H,8-9,14-15,18H2,1-7H3;2*10-13,16-17,21H,7-9,14-15,18H2,1-6H3/t2*22-;2*21-/m1010/s1. The lowest BCUT2D eigenvalue weighted by atomic mass is 9.96. The molecule has 0 aliphatic carbocycles. The number of rotatable bonds is 48. The highest BCUT2D eigenvalue weighted by Crippen LogP contribution is 2.39. The maximum Gasteiger partial charge on any atom is 0.313 e. The van der Waals surface area contributed by atoms with Crippen LogP contribution in [0.25, 0.3) is 43.9 Å². The number of para-hydroxylation sites is 4. The highest BCUT2D eigenvalue weighted by atomic mass is 16.6. The maximum absolute atomic E-state index is 13.8. The first-order chi connectivity index (χ1) is 67.9. The summed E-state index contributed by atoms with van der Waals surface area (Å²) in [6.07, 6.45) is 0.237. The number of esters is 4. The first kappa shape index (κ1) is 113. The first-order valence-corrected chi connectivity index (χ1v) is 50.7. The topological polar surface area (TPSA) is 276 Å². The molecule has 4 atom stereocenters. The fourth-order valence-corrected chi connectivity index (χ4v) is 17.0. The number of ketones is 4. The van der Waals surface area contributed by atoms with E-state index in [0.29, 0.717) is 138 Å². The Morgan fingerprint density at radius 1 is 0.268 bits per heavy atom. The van der Waals surface area contributed by atoms with E-state index in [1.165, 1.54) is 0 Å². The smallest absolute Gasteiger partial charge is 0.313 e. The van der Waals surface area contributed by atoms with E-state index in [0.717, 1.165) is 159 Å². The molecule has 4 heterocycles. The number of nitrogens with zero attached hydrogens (tertiary/aromatic N) is 4. The van der Waals surface area contributed by atoms with Crippen LogP contribution in [0, 0.1) is 67.2 Å². The number of carbonyl (C=O) groups is 8. The summed E-state index contributed by atoms with van der Waals surface area (Å²) in [5.41, 5.74) is 13.3. The fourth-order valence-electron chi connectivity index (χ4n) is 17.0. The number of ether oxygens (including phenoxy) is 8. The molecule has 4 aromatic heterocycles. The van der Waals surface area contributed by atoms with Crippen LogP contribution in [-0.2, 0) is 63.8 Å². The van der Waals surface area contributed by atoms with E-state index >= 15 is 0 Å². The molecule has 142 heavy (non-hydrogen) atoms. The van der Waals surface area contributed by atoms with Crippen LogP contribution in [0.2, 0.25) is 0 Å². The number of hydrogen-bond acceptors (Lipinski definition) is 24. The summed E-state index contributed by atoms with van der Waals surface area (Å²) in [7, 11) is 0. The van der Waals surface area contributed by atoms with Gasteiger partial charge in [0.1, 0.15) is 133 Å². The molecule has 0 spiro atoms. The normalized spacial score (nSPS) is 12.3. The number of benzene rings is 8. The Hall–Kier alpha value is -12.5. The Kier molecular flexibility index (Phi) is 43.6. The van der Waals surface area contributed by atoms with Crippen molar-refractivity contribution in [2.24, 2.45) is 11.8 Å². The Bertz CT molecular complexity index is 5790. The van der Waals surface area contributed by atoms with Crippen LogP contribution in [0.1, 0.15) is 269 Å². The van der Waals surface area contributed by atoms with Gasteiger partial charge in [0, 0.05) is 70.0 Å². The molecule has 24 nitrogen and oxygen atoms in total. The van der Waals surface area contributed by atoms with E-state index < -0.39 is 23.9 Å². The van der Waals surface area contributed by atoms with Gasteiger partial charge in [0.25, 0.3) is 0 Å². The SMILES string of the molecule is CCN(CC)CCOc1c(C)cc(C(=O)c2c(CC(=O)O[C@@H](C)C(C)C)oc3ccccc23)cc1C.CCN(CC)CCOc1c(C)cc(C(=O)c2c(CC(=O)O[C@H](C)C(C)C)oc3ccccc23)cc1C.CC[C@@H](C)OC(=O)Cc1oc2ccccc2c1C(=O)c1cc(C)c(OCCN(CC)CC)c(C)c1.CC[C@H](C)OC(=O)Cc1oc2ccccc2c1C(=O)c1cc(C)c(OCCN(CC)CC)c(C)c1. The predicted molar refractivity (Wildman–Crippen MR) is 563 cm³/mol. The van der Waals surface area contributed by atoms with Gasteiger partial charge >= 0.3 is 23.9 Å². The average molecular weight is 1950 g/mol. The van der Waals surface area contributed by atoms with E-state index in [2.05, 4.69) is 75.0 Å². The minimum Gasteiger partial charge on any atom is -0.492 e. The number of carbonyl (C=O) groups excluding carboxylic acids is 8. The lowest BCUT2D eigenvalue weighted by Gasteiger charge is -2.19. The van der Waals surface area contributed by atoms with Crippen molar-refractivity contribution in [1.82, 2.24) is 19.6 Å². The van der Waals surface area contributed by atoms with Crippen molar-refractivity contribution in [2.45, 2.75) is 243 Å². The van der Waals surface area contributed by atoms with Crippen LogP contribution in [0.15, 0.2) is 163 Å². The summed E-state index contributed by atoms with van der Waals surface area (Å²) in [5.74, 6) is 2.61. The summed E-state index contributed by atoms with van der Waals surface area (Å²) in [6, 6.07) is 44.3. The zero-order chi connectivity index (χ0) is 104. The first-order valence-electron chi connectivity index (χ1n) is 50.7. The van der Waals surface area contributed by atoms with Crippen molar-refractivity contribution < 1.29 is 93.9 Å². The number of hydrogen-bond donors (Lipinski definition) is 0. The molecule has 0 unspecified atom stereocenters. The molecule has 0 bridgehead atoms. The highest BCUT2D eigenvalue weighted by Gasteiger charge is 2.33. The maximum atomic E-state index is 13.8. The van der Waals surface area contributed by atoms with Gasteiger partial charge in [-0.05, 0) is 277 Å². The summed E-state index contributed by atoms with van der Waals surface area (Å²) in [4.78, 5) is 115. The molecular formula is C118H152N4O20. The van der Waals surface area contributed by atoms with E-state index in [1.807, 2.05) is 246 Å². The van der Waals surface area contributed by atoms with Gasteiger partial charge in [0.2, 0.25) is 0 Å². The zero-order valence-electron chi connectivity index (χ0n) is 88.8. The molecule has 0 fully saturated rings. The number of furan rings is 4. The van der Waals surface area contributed by atoms with Gasteiger partial charge in [0.05, 0.1) is 34.5 Å². The van der Waals surface area contributed by atoms with Gasteiger partial charge in [-0.15, -0.1) is 0 Å². The third kappa shape index (κ3) is 30.3. The second-order valence-corrected chi connectivity index (χ2v) is 37.2. The van der Waals surface area contributed by atoms with Crippen LogP contribution < -0.4 is 18.9 Å². The Morgan fingerprint density at radius 2 is 0.451 bits per heavy atom. The fraction of sp³-hybridized carbons (Fsp3) is 0.458. The van der Waals surface area contributed by atoms with Crippen molar-refractivity contribution in [3.63, 3.8) is 0 Å². The predicted octanol–water partition coefficient (Wildman–Crippen LogP) is 24.0. The lowest BCUT2D eigenvalue weighted by Crippen LogP contribution is -2.28. The van der Waals surface area contributed by atoms with Gasteiger partial charge in [-0.3, -0.25) is 38.4 Å². The van der Waals surface area contributed by atoms with Crippen LogP contribution in [0.3, 0.4) is 0 Å². The Balaban J connectivity index is 0.000000211. The molecular weight excluding hydrogens is 1790 g/mol. The van der Waals surface area contributed by atoms with Crippen molar-refractivity contribution in [2.75, 3.05) is 105 Å². The second kappa shape index (κ2) is 54.7. The minimum absolute atomic E-state index is 0.0926. The van der Waals surface area contributed by atoms with Crippen molar-refractivity contribution in [3.8, 4) is 23.0 Å². The largest absolute Gasteiger partial charge is 0.492 e. The van der Waals surface area contributed by atoms with Crippen molar-refractivity contribution in [1.29, 1.82) is 0 Å². The molecule has 764 valence electrons. The molecule has 0 saturated heterocycles. The second-order valence-electron chi connectivity index (χ2n) is 37.2. The average Bonchev–Trinajstić information content (AvgIpc) is 1.72.